The standard InChI is InChI=1S/C9H13N3O5/c1-17-5-7(13)4-11-9(14)8-2-6(3-10-8)12(15)16/h2-3,7,10,13H,4-5H2,1H3,(H,11,14). The molecular weight excluding hydrogens is 230 g/mol. The number of nitrogens with zero attached hydrogens (tertiary/aromatic N) is 1. The second-order valence-electron chi connectivity index (χ2n) is 3.35. The predicted octanol–water partition coefficient (Wildman–Crippen LogP) is -0.340. The fourth-order valence-corrected chi connectivity index (χ4v) is 1.18. The van der Waals surface area contributed by atoms with Crippen LogP contribution in [-0.4, -0.2) is 47.3 Å². The molecule has 0 radical (unpaired) electrons. The van der Waals surface area contributed by atoms with Crippen molar-refractivity contribution < 1.29 is 19.6 Å². The van der Waals surface area contributed by atoms with E-state index in [1.54, 1.807) is 0 Å². The third kappa shape index (κ3) is 3.85. The number of nitrogens with one attached hydrogen (secondary N) is 2. The highest BCUT2D eigenvalue weighted by atomic mass is 16.6. The molecule has 3 N–H and O–H groups in total. The number of aromatic nitrogens is 1. The van der Waals surface area contributed by atoms with Gasteiger partial charge in [0.1, 0.15) is 5.69 Å². The predicted molar refractivity (Wildman–Crippen MR) is 57.7 cm³/mol. The molecule has 0 aliphatic heterocycles. The van der Waals surface area contributed by atoms with Crippen LogP contribution in [0.3, 0.4) is 0 Å². The molecule has 17 heavy (non-hydrogen) atoms. The van der Waals surface area contributed by atoms with Gasteiger partial charge in [-0.15, -0.1) is 0 Å². The van der Waals surface area contributed by atoms with Gasteiger partial charge in [0, 0.05) is 19.7 Å². The van der Waals surface area contributed by atoms with Gasteiger partial charge < -0.3 is 20.1 Å². The highest BCUT2D eigenvalue weighted by molar-refractivity contribution is 5.93. The Morgan fingerprint density at radius 2 is 2.47 bits per heavy atom. The van der Waals surface area contributed by atoms with Crippen LogP contribution in [0.15, 0.2) is 12.3 Å². The van der Waals surface area contributed by atoms with Crippen LogP contribution in [0.4, 0.5) is 5.69 Å². The van der Waals surface area contributed by atoms with E-state index in [0.717, 1.165) is 12.3 Å². The zero-order chi connectivity index (χ0) is 12.8. The number of methoxy groups -OCH3 is 1. The highest BCUT2D eigenvalue weighted by Crippen LogP contribution is 2.11. The van der Waals surface area contributed by atoms with Crippen molar-refractivity contribution in [3.05, 3.63) is 28.1 Å². The lowest BCUT2D eigenvalue weighted by atomic mass is 10.3. The van der Waals surface area contributed by atoms with Crippen molar-refractivity contribution in [2.45, 2.75) is 6.10 Å². The van der Waals surface area contributed by atoms with E-state index in [4.69, 9.17) is 0 Å². The summed E-state index contributed by atoms with van der Waals surface area (Å²) in [6.45, 7) is 0.116. The molecule has 1 heterocycles. The van der Waals surface area contributed by atoms with E-state index in [1.807, 2.05) is 0 Å². The summed E-state index contributed by atoms with van der Waals surface area (Å²) in [6, 6.07) is 1.12. The first-order chi connectivity index (χ1) is 8.04. The Bertz CT molecular complexity index is 403. The van der Waals surface area contributed by atoms with Crippen molar-refractivity contribution >= 4 is 11.6 Å². The summed E-state index contributed by atoms with van der Waals surface area (Å²) in [5.41, 5.74) is -0.117. The number of carbonyl (C=O) groups is 1. The lowest BCUT2D eigenvalue weighted by molar-refractivity contribution is -0.384. The molecule has 8 heteroatoms. The molecule has 0 saturated carbocycles. The average molecular weight is 243 g/mol. The van der Waals surface area contributed by atoms with Gasteiger partial charge in [0.2, 0.25) is 0 Å². The van der Waals surface area contributed by atoms with Crippen molar-refractivity contribution in [3.63, 3.8) is 0 Å². The molecule has 1 amide bonds. The number of rotatable bonds is 6. The zero-order valence-corrected chi connectivity index (χ0v) is 9.17. The zero-order valence-electron chi connectivity index (χ0n) is 9.17. The third-order valence-electron chi connectivity index (χ3n) is 1.98. The average Bonchev–Trinajstić information content (AvgIpc) is 2.75. The van der Waals surface area contributed by atoms with Gasteiger partial charge in [0.15, 0.2) is 0 Å². The molecule has 0 aromatic carbocycles. The second kappa shape index (κ2) is 5.97. The molecule has 1 atom stereocenters. The fraction of sp³-hybridized carbons (Fsp3) is 0.444. The second-order valence-corrected chi connectivity index (χ2v) is 3.35. The first-order valence-electron chi connectivity index (χ1n) is 4.82. The maximum absolute atomic E-state index is 11.5. The number of ether oxygens (including phenoxy) is 1. The number of aliphatic hydroxyl groups excluding tert-OH is 1. The molecule has 0 saturated heterocycles. The maximum Gasteiger partial charge on any atom is 0.287 e. The summed E-state index contributed by atoms with van der Waals surface area (Å²) in [6.07, 6.45) is 0.314. The van der Waals surface area contributed by atoms with Gasteiger partial charge in [0.05, 0.1) is 23.8 Å². The van der Waals surface area contributed by atoms with Crippen LogP contribution in [0.25, 0.3) is 0 Å². The van der Waals surface area contributed by atoms with Crippen LogP contribution in [0.1, 0.15) is 10.5 Å². The van der Waals surface area contributed by atoms with Crippen LogP contribution in [0.2, 0.25) is 0 Å². The number of hydrogen-bond acceptors (Lipinski definition) is 5. The largest absolute Gasteiger partial charge is 0.389 e. The van der Waals surface area contributed by atoms with Gasteiger partial charge in [-0.2, -0.15) is 0 Å². The summed E-state index contributed by atoms with van der Waals surface area (Å²) in [7, 11) is 1.43. The summed E-state index contributed by atoms with van der Waals surface area (Å²) >= 11 is 0. The molecule has 1 unspecified atom stereocenters. The van der Waals surface area contributed by atoms with Crippen LogP contribution in [0.5, 0.6) is 0 Å². The van der Waals surface area contributed by atoms with Gasteiger partial charge in [-0.3, -0.25) is 14.9 Å². The normalized spacial score (nSPS) is 12.1. The van der Waals surface area contributed by atoms with Crippen molar-refractivity contribution in [2.75, 3.05) is 20.3 Å². The molecule has 1 aromatic heterocycles. The summed E-state index contributed by atoms with van der Waals surface area (Å²) < 4.78 is 4.68. The Morgan fingerprint density at radius 1 is 1.76 bits per heavy atom. The number of H-pyrrole nitrogens is 1. The van der Waals surface area contributed by atoms with Gasteiger partial charge in [-0.05, 0) is 0 Å². The van der Waals surface area contributed by atoms with Crippen molar-refractivity contribution in [2.24, 2.45) is 0 Å². The highest BCUT2D eigenvalue weighted by Gasteiger charge is 2.15. The molecule has 0 fully saturated rings. The van der Waals surface area contributed by atoms with Crippen LogP contribution >= 0.6 is 0 Å². The molecule has 8 nitrogen and oxygen atoms in total. The van der Waals surface area contributed by atoms with Gasteiger partial charge in [-0.25, -0.2) is 0 Å². The molecule has 1 rings (SSSR count). The first kappa shape index (κ1) is 13.1. The van der Waals surface area contributed by atoms with E-state index in [-0.39, 0.29) is 24.5 Å². The lowest BCUT2D eigenvalue weighted by Gasteiger charge is -2.09. The molecular formula is C9H13N3O5. The molecule has 0 aliphatic carbocycles. The third-order valence-corrected chi connectivity index (χ3v) is 1.98. The van der Waals surface area contributed by atoms with Crippen molar-refractivity contribution in [1.82, 2.24) is 10.3 Å². The van der Waals surface area contributed by atoms with E-state index in [1.165, 1.54) is 7.11 Å². The number of hydrogen-bond donors (Lipinski definition) is 3. The Kier molecular flexibility index (Phi) is 4.61. The SMILES string of the molecule is COCC(O)CNC(=O)c1cc([N+](=O)[O-])c[nH]1. The first-order valence-corrected chi connectivity index (χ1v) is 4.82. The Balaban J connectivity index is 2.49. The molecule has 0 bridgehead atoms. The number of amides is 1. The smallest absolute Gasteiger partial charge is 0.287 e. The Labute approximate surface area is 96.7 Å². The van der Waals surface area contributed by atoms with Crippen molar-refractivity contribution in [1.29, 1.82) is 0 Å². The maximum atomic E-state index is 11.5. The van der Waals surface area contributed by atoms with Crippen LogP contribution in [-0.2, 0) is 4.74 Å². The Morgan fingerprint density at radius 3 is 3.00 bits per heavy atom. The topological polar surface area (TPSA) is 117 Å². The summed E-state index contributed by atoms with van der Waals surface area (Å²) in [5, 5.41) is 22.1. The number of aromatic amines is 1. The van der Waals surface area contributed by atoms with Crippen LogP contribution < -0.4 is 5.32 Å². The minimum absolute atomic E-state index is 0.0134. The van der Waals surface area contributed by atoms with E-state index >= 15 is 0 Å². The Hall–Kier alpha value is -1.93. The molecule has 0 aliphatic rings. The van der Waals surface area contributed by atoms with Crippen molar-refractivity contribution in [3.8, 4) is 0 Å². The minimum atomic E-state index is -0.811. The van der Waals surface area contributed by atoms with Gasteiger partial charge >= 0.3 is 0 Å². The number of carbonyl (C=O) groups excluding carboxylic acids is 1. The molecule has 1 aromatic rings. The lowest BCUT2D eigenvalue weighted by Crippen LogP contribution is -2.34. The molecule has 0 spiro atoms. The van der Waals surface area contributed by atoms with Gasteiger partial charge in [-0.1, -0.05) is 0 Å². The summed E-state index contributed by atoms with van der Waals surface area (Å²) in [5.74, 6) is -0.520. The fourth-order valence-electron chi connectivity index (χ4n) is 1.18. The minimum Gasteiger partial charge on any atom is -0.389 e. The van der Waals surface area contributed by atoms with E-state index in [0.29, 0.717) is 0 Å². The van der Waals surface area contributed by atoms with E-state index < -0.39 is 16.9 Å². The number of nitro groups is 1. The van der Waals surface area contributed by atoms with E-state index in [9.17, 15) is 20.0 Å². The monoisotopic (exact) mass is 243 g/mol. The summed E-state index contributed by atoms with van der Waals surface area (Å²) in [4.78, 5) is 23.7. The molecule has 94 valence electrons. The van der Waals surface area contributed by atoms with E-state index in [2.05, 4.69) is 15.0 Å². The van der Waals surface area contributed by atoms with Crippen LogP contribution in [0, 0.1) is 10.1 Å². The quantitative estimate of drug-likeness (QED) is 0.466. The number of aliphatic hydroxyl groups is 1. The van der Waals surface area contributed by atoms with Gasteiger partial charge in [0.25, 0.3) is 11.6 Å².